The number of ether oxygens (including phenoxy) is 1. The molecule has 2 aromatic heterocycles. The number of nitrogens with zero attached hydrogens (tertiary/aromatic N) is 3. The fourth-order valence-electron chi connectivity index (χ4n) is 4.02. The van der Waals surface area contributed by atoms with Crippen LogP contribution in [0.3, 0.4) is 0 Å². The van der Waals surface area contributed by atoms with Crippen LogP contribution in [0.4, 0.5) is 4.39 Å². The van der Waals surface area contributed by atoms with Crippen molar-refractivity contribution in [2.75, 3.05) is 6.61 Å². The van der Waals surface area contributed by atoms with Gasteiger partial charge >= 0.3 is 5.97 Å². The zero-order chi connectivity index (χ0) is 24.6. The molecule has 2 heterocycles. The van der Waals surface area contributed by atoms with Gasteiger partial charge in [-0.2, -0.15) is 5.10 Å². The first kappa shape index (κ1) is 23.1. The standard InChI is InChI=1S/C26H24FN3O4/c1-15(2)30-25(32)21-8-6-5-7-20(21)24(28-30)26(33)34-14-23(31)22-13-16(3)29(17(22)4)19-11-9-18(27)10-12-19/h5-13,15H,14H2,1-4H3. The molecule has 34 heavy (non-hydrogen) atoms. The van der Waals surface area contributed by atoms with Gasteiger partial charge in [0.1, 0.15) is 5.82 Å². The van der Waals surface area contributed by atoms with Crippen molar-refractivity contribution >= 4 is 22.5 Å². The third kappa shape index (κ3) is 4.14. The van der Waals surface area contributed by atoms with Crippen LogP contribution >= 0.6 is 0 Å². The molecule has 0 aliphatic heterocycles. The molecule has 0 saturated heterocycles. The second kappa shape index (κ2) is 9.05. The number of Topliss-reactive ketones (excluding diaryl/α,β-unsaturated/α-hetero) is 1. The summed E-state index contributed by atoms with van der Waals surface area (Å²) >= 11 is 0. The summed E-state index contributed by atoms with van der Waals surface area (Å²) in [5, 5.41) is 4.94. The number of aromatic nitrogens is 3. The van der Waals surface area contributed by atoms with Crippen LogP contribution in [0.5, 0.6) is 0 Å². The first-order chi connectivity index (χ1) is 16.2. The Kier molecular flexibility index (Phi) is 6.15. The maximum Gasteiger partial charge on any atom is 0.359 e. The van der Waals surface area contributed by atoms with Gasteiger partial charge in [0.25, 0.3) is 5.56 Å². The van der Waals surface area contributed by atoms with Gasteiger partial charge in [0.05, 0.1) is 11.4 Å². The maximum absolute atomic E-state index is 13.3. The van der Waals surface area contributed by atoms with E-state index in [1.165, 1.54) is 16.8 Å². The summed E-state index contributed by atoms with van der Waals surface area (Å²) in [4.78, 5) is 38.5. The van der Waals surface area contributed by atoms with Gasteiger partial charge < -0.3 is 9.30 Å². The third-order valence-electron chi connectivity index (χ3n) is 5.66. The highest BCUT2D eigenvalue weighted by Crippen LogP contribution is 2.22. The van der Waals surface area contributed by atoms with Gasteiger partial charge in [-0.05, 0) is 64.1 Å². The van der Waals surface area contributed by atoms with E-state index in [9.17, 15) is 18.8 Å². The first-order valence-electron chi connectivity index (χ1n) is 10.9. The molecule has 0 atom stereocenters. The number of esters is 1. The molecule has 2 aromatic carbocycles. The minimum Gasteiger partial charge on any atom is -0.452 e. The normalized spacial score (nSPS) is 11.2. The molecule has 0 saturated carbocycles. The zero-order valence-electron chi connectivity index (χ0n) is 19.3. The van der Waals surface area contributed by atoms with E-state index in [-0.39, 0.29) is 28.9 Å². The number of carbonyl (C=O) groups excluding carboxylic acids is 2. The van der Waals surface area contributed by atoms with Gasteiger partial charge in [-0.25, -0.2) is 13.9 Å². The zero-order valence-corrected chi connectivity index (χ0v) is 19.3. The van der Waals surface area contributed by atoms with Crippen LogP contribution in [0, 0.1) is 19.7 Å². The lowest BCUT2D eigenvalue weighted by Gasteiger charge is -2.13. The first-order valence-corrected chi connectivity index (χ1v) is 10.9. The molecule has 7 nitrogen and oxygen atoms in total. The summed E-state index contributed by atoms with van der Waals surface area (Å²) in [6.07, 6.45) is 0. The molecular weight excluding hydrogens is 437 g/mol. The largest absolute Gasteiger partial charge is 0.452 e. The minimum atomic E-state index is -0.786. The lowest BCUT2D eigenvalue weighted by molar-refractivity contribution is 0.0468. The summed E-state index contributed by atoms with van der Waals surface area (Å²) < 4.78 is 21.7. The number of aryl methyl sites for hydroxylation is 1. The summed E-state index contributed by atoms with van der Waals surface area (Å²) in [6.45, 7) is 6.71. The number of rotatable bonds is 6. The summed E-state index contributed by atoms with van der Waals surface area (Å²) in [5.74, 6) is -1.51. The fraction of sp³-hybridized carbons (Fsp3) is 0.231. The Labute approximate surface area is 195 Å². The van der Waals surface area contributed by atoms with Crippen LogP contribution in [0.25, 0.3) is 16.5 Å². The molecule has 0 spiro atoms. The second-order valence-corrected chi connectivity index (χ2v) is 8.33. The highest BCUT2D eigenvalue weighted by Gasteiger charge is 2.22. The number of carbonyl (C=O) groups is 2. The predicted octanol–water partition coefficient (Wildman–Crippen LogP) is 4.56. The van der Waals surface area contributed by atoms with E-state index >= 15 is 0 Å². The van der Waals surface area contributed by atoms with Gasteiger partial charge in [0.15, 0.2) is 12.3 Å². The topological polar surface area (TPSA) is 83.2 Å². The molecule has 0 radical (unpaired) electrons. The van der Waals surface area contributed by atoms with Crippen LogP contribution in [0.2, 0.25) is 0 Å². The van der Waals surface area contributed by atoms with Crippen molar-refractivity contribution in [2.45, 2.75) is 33.7 Å². The average molecular weight is 461 g/mol. The van der Waals surface area contributed by atoms with Gasteiger partial charge in [-0.1, -0.05) is 18.2 Å². The van der Waals surface area contributed by atoms with Crippen LogP contribution in [-0.2, 0) is 4.74 Å². The van der Waals surface area contributed by atoms with E-state index in [1.807, 2.05) is 11.5 Å². The summed E-state index contributed by atoms with van der Waals surface area (Å²) in [6, 6.07) is 14.1. The van der Waals surface area contributed by atoms with E-state index in [4.69, 9.17) is 4.74 Å². The highest BCUT2D eigenvalue weighted by molar-refractivity contribution is 6.04. The van der Waals surface area contributed by atoms with Gasteiger partial charge in [-0.3, -0.25) is 9.59 Å². The predicted molar refractivity (Wildman–Crippen MR) is 126 cm³/mol. The van der Waals surface area contributed by atoms with E-state index in [1.54, 1.807) is 63.2 Å². The number of fused-ring (bicyclic) bond motifs is 1. The molecule has 0 unspecified atom stereocenters. The minimum absolute atomic E-state index is 0.0199. The van der Waals surface area contributed by atoms with Crippen molar-refractivity contribution in [3.05, 3.63) is 93.4 Å². The van der Waals surface area contributed by atoms with Crippen molar-refractivity contribution < 1.29 is 18.7 Å². The number of hydrogen-bond acceptors (Lipinski definition) is 5. The Morgan fingerprint density at radius 1 is 1.03 bits per heavy atom. The van der Waals surface area contributed by atoms with Crippen molar-refractivity contribution in [2.24, 2.45) is 0 Å². The molecule has 0 aliphatic carbocycles. The maximum atomic E-state index is 13.3. The molecule has 0 fully saturated rings. The van der Waals surface area contributed by atoms with E-state index in [2.05, 4.69) is 5.10 Å². The lowest BCUT2D eigenvalue weighted by atomic mass is 10.1. The smallest absolute Gasteiger partial charge is 0.359 e. The van der Waals surface area contributed by atoms with Crippen LogP contribution in [0.1, 0.15) is 52.1 Å². The van der Waals surface area contributed by atoms with E-state index < -0.39 is 12.6 Å². The van der Waals surface area contributed by atoms with Crippen molar-refractivity contribution in [1.29, 1.82) is 0 Å². The Morgan fingerprint density at radius 3 is 2.32 bits per heavy atom. The molecule has 0 N–H and O–H groups in total. The fourth-order valence-corrected chi connectivity index (χ4v) is 4.02. The highest BCUT2D eigenvalue weighted by atomic mass is 19.1. The third-order valence-corrected chi connectivity index (χ3v) is 5.66. The van der Waals surface area contributed by atoms with Crippen LogP contribution in [0.15, 0.2) is 59.4 Å². The van der Waals surface area contributed by atoms with Gasteiger partial charge in [0, 0.05) is 28.0 Å². The summed E-state index contributed by atoms with van der Waals surface area (Å²) in [7, 11) is 0. The Balaban J connectivity index is 1.60. The van der Waals surface area contributed by atoms with Crippen molar-refractivity contribution in [1.82, 2.24) is 14.3 Å². The second-order valence-electron chi connectivity index (χ2n) is 8.33. The number of hydrogen-bond donors (Lipinski definition) is 0. The molecule has 4 aromatic rings. The molecule has 4 rings (SSSR count). The molecule has 8 heteroatoms. The summed E-state index contributed by atoms with van der Waals surface area (Å²) in [5.41, 5.74) is 2.25. The van der Waals surface area contributed by atoms with Crippen LogP contribution < -0.4 is 5.56 Å². The Bertz CT molecular complexity index is 1470. The molecule has 0 amide bonds. The van der Waals surface area contributed by atoms with Crippen molar-refractivity contribution in [3.63, 3.8) is 0 Å². The molecular formula is C26H24FN3O4. The number of benzene rings is 2. The van der Waals surface area contributed by atoms with Crippen molar-refractivity contribution in [3.8, 4) is 5.69 Å². The van der Waals surface area contributed by atoms with E-state index in [0.717, 1.165) is 11.4 Å². The molecule has 0 bridgehead atoms. The lowest BCUT2D eigenvalue weighted by Crippen LogP contribution is -2.28. The average Bonchev–Trinajstić information content (AvgIpc) is 3.12. The van der Waals surface area contributed by atoms with E-state index in [0.29, 0.717) is 22.0 Å². The number of halogens is 1. The van der Waals surface area contributed by atoms with Gasteiger partial charge in [-0.15, -0.1) is 0 Å². The monoisotopic (exact) mass is 461 g/mol. The van der Waals surface area contributed by atoms with Crippen LogP contribution in [-0.4, -0.2) is 32.7 Å². The Morgan fingerprint density at radius 2 is 1.68 bits per heavy atom. The number of ketones is 1. The SMILES string of the molecule is Cc1cc(C(=O)COC(=O)c2nn(C(C)C)c(=O)c3ccccc23)c(C)n1-c1ccc(F)cc1. The van der Waals surface area contributed by atoms with Gasteiger partial charge in [0.2, 0.25) is 5.78 Å². The molecule has 174 valence electrons. The molecule has 0 aliphatic rings. The quantitative estimate of drug-likeness (QED) is 0.310. The Hall–Kier alpha value is -4.07.